The van der Waals surface area contributed by atoms with E-state index in [1.807, 2.05) is 6.92 Å². The van der Waals surface area contributed by atoms with Gasteiger partial charge in [-0.1, -0.05) is 36.2 Å². The second kappa shape index (κ2) is 7.25. The Bertz CT molecular complexity index is 556. The van der Waals surface area contributed by atoms with E-state index in [1.165, 1.54) is 0 Å². The van der Waals surface area contributed by atoms with E-state index in [0.29, 0.717) is 10.8 Å². The normalized spacial score (nSPS) is 26.7. The van der Waals surface area contributed by atoms with Crippen LogP contribution in [0.5, 0.6) is 0 Å². The molecule has 0 spiro atoms. The van der Waals surface area contributed by atoms with Crippen molar-refractivity contribution in [2.45, 2.75) is 55.7 Å². The smallest absolute Gasteiger partial charge is 0.182 e. The van der Waals surface area contributed by atoms with Gasteiger partial charge in [0.25, 0.3) is 0 Å². The first-order valence-corrected chi connectivity index (χ1v) is 10.1. The predicted molar refractivity (Wildman–Crippen MR) is 90.2 cm³/mol. The zero-order valence-corrected chi connectivity index (χ0v) is 15.1. The topological polar surface area (TPSA) is 46.2 Å². The molecule has 0 aromatic heterocycles. The van der Waals surface area contributed by atoms with Gasteiger partial charge in [0.2, 0.25) is 0 Å². The third-order valence-corrected chi connectivity index (χ3v) is 7.26. The van der Waals surface area contributed by atoms with E-state index in [4.69, 9.17) is 0 Å². The fraction of sp³-hybridized carbons (Fsp3) is 0.625. The highest BCUT2D eigenvalue weighted by atomic mass is 79.9. The minimum absolute atomic E-state index is 0.0754. The molecule has 1 saturated carbocycles. The van der Waals surface area contributed by atoms with Crippen molar-refractivity contribution in [3.8, 4) is 0 Å². The van der Waals surface area contributed by atoms with Crippen LogP contribution in [0.15, 0.2) is 33.6 Å². The SMILES string of the molecule is CCNC1CCC(CC)CC1S(=O)(=O)c1ccc(Br)cc1. The summed E-state index contributed by atoms with van der Waals surface area (Å²) in [7, 11) is -3.28. The minimum atomic E-state index is -3.28. The molecule has 21 heavy (non-hydrogen) atoms. The Labute approximate surface area is 136 Å². The summed E-state index contributed by atoms with van der Waals surface area (Å²) < 4.78 is 26.9. The van der Waals surface area contributed by atoms with Crippen molar-refractivity contribution in [3.63, 3.8) is 0 Å². The molecule has 118 valence electrons. The van der Waals surface area contributed by atoms with Crippen molar-refractivity contribution >= 4 is 25.8 Å². The third-order valence-electron chi connectivity index (χ3n) is 4.48. The minimum Gasteiger partial charge on any atom is -0.313 e. The van der Waals surface area contributed by atoms with Crippen molar-refractivity contribution in [1.29, 1.82) is 0 Å². The molecule has 3 nitrogen and oxygen atoms in total. The molecule has 1 aliphatic rings. The lowest BCUT2D eigenvalue weighted by atomic mass is 9.84. The van der Waals surface area contributed by atoms with Gasteiger partial charge < -0.3 is 5.32 Å². The van der Waals surface area contributed by atoms with Gasteiger partial charge in [0.1, 0.15) is 0 Å². The molecule has 0 radical (unpaired) electrons. The van der Waals surface area contributed by atoms with Crippen molar-refractivity contribution in [3.05, 3.63) is 28.7 Å². The number of nitrogens with one attached hydrogen (secondary N) is 1. The molecule has 1 aromatic rings. The molecule has 0 aliphatic heterocycles. The average molecular weight is 374 g/mol. The number of sulfone groups is 1. The van der Waals surface area contributed by atoms with Gasteiger partial charge in [-0.3, -0.25) is 0 Å². The van der Waals surface area contributed by atoms with Crippen LogP contribution in [-0.4, -0.2) is 26.3 Å². The molecule has 1 fully saturated rings. The Morgan fingerprint density at radius 1 is 1.19 bits per heavy atom. The zero-order chi connectivity index (χ0) is 15.5. The Kier molecular flexibility index (Phi) is 5.86. The van der Waals surface area contributed by atoms with Gasteiger partial charge in [0.15, 0.2) is 9.84 Å². The molecule has 1 N–H and O–H groups in total. The van der Waals surface area contributed by atoms with Crippen LogP contribution in [-0.2, 0) is 9.84 Å². The Morgan fingerprint density at radius 3 is 2.43 bits per heavy atom. The van der Waals surface area contributed by atoms with Crippen molar-refractivity contribution < 1.29 is 8.42 Å². The van der Waals surface area contributed by atoms with Gasteiger partial charge in [0, 0.05) is 10.5 Å². The number of hydrogen-bond acceptors (Lipinski definition) is 3. The van der Waals surface area contributed by atoms with E-state index in [2.05, 4.69) is 28.2 Å². The molecule has 0 bridgehead atoms. The summed E-state index contributed by atoms with van der Waals surface area (Å²) in [6.07, 6.45) is 3.91. The second-order valence-electron chi connectivity index (χ2n) is 5.79. The maximum atomic E-state index is 13.0. The lowest BCUT2D eigenvalue weighted by molar-refractivity contribution is 0.290. The maximum absolute atomic E-state index is 13.0. The third kappa shape index (κ3) is 3.88. The van der Waals surface area contributed by atoms with E-state index in [1.54, 1.807) is 24.3 Å². The van der Waals surface area contributed by atoms with Crippen LogP contribution in [0.3, 0.4) is 0 Å². The molecule has 0 saturated heterocycles. The fourth-order valence-electron chi connectivity index (χ4n) is 3.22. The van der Waals surface area contributed by atoms with Crippen LogP contribution in [0.4, 0.5) is 0 Å². The molecule has 3 atom stereocenters. The molecule has 3 unspecified atom stereocenters. The van der Waals surface area contributed by atoms with Gasteiger partial charge in [-0.05, 0) is 56.0 Å². The first-order chi connectivity index (χ1) is 9.98. The van der Waals surface area contributed by atoms with E-state index in [0.717, 1.165) is 36.7 Å². The summed E-state index contributed by atoms with van der Waals surface area (Å²) in [6, 6.07) is 7.09. The van der Waals surface area contributed by atoms with Gasteiger partial charge >= 0.3 is 0 Å². The van der Waals surface area contributed by atoms with Crippen LogP contribution >= 0.6 is 15.9 Å². The van der Waals surface area contributed by atoms with Crippen molar-refractivity contribution in [2.75, 3.05) is 6.54 Å². The summed E-state index contributed by atoms with van der Waals surface area (Å²) >= 11 is 3.36. The summed E-state index contributed by atoms with van der Waals surface area (Å²) in [6.45, 7) is 5.00. The van der Waals surface area contributed by atoms with Gasteiger partial charge in [-0.25, -0.2) is 8.42 Å². The molecule has 1 aliphatic carbocycles. The highest BCUT2D eigenvalue weighted by molar-refractivity contribution is 9.10. The van der Waals surface area contributed by atoms with E-state index < -0.39 is 9.84 Å². The lowest BCUT2D eigenvalue weighted by Gasteiger charge is -2.36. The molecule has 0 heterocycles. The zero-order valence-electron chi connectivity index (χ0n) is 12.7. The predicted octanol–water partition coefficient (Wildman–Crippen LogP) is 3.78. The van der Waals surface area contributed by atoms with Gasteiger partial charge in [-0.2, -0.15) is 0 Å². The second-order valence-corrected chi connectivity index (χ2v) is 8.87. The van der Waals surface area contributed by atoms with E-state index in [9.17, 15) is 8.42 Å². The quantitative estimate of drug-likeness (QED) is 0.853. The first kappa shape index (κ1) is 17.0. The Morgan fingerprint density at radius 2 is 1.86 bits per heavy atom. The molecule has 5 heteroatoms. The van der Waals surface area contributed by atoms with Crippen molar-refractivity contribution in [1.82, 2.24) is 5.32 Å². The molecule has 0 amide bonds. The Hall–Kier alpha value is -0.390. The van der Waals surface area contributed by atoms with E-state index >= 15 is 0 Å². The maximum Gasteiger partial charge on any atom is 0.182 e. The molecular formula is C16H24BrNO2S. The van der Waals surface area contributed by atoms with Crippen molar-refractivity contribution in [2.24, 2.45) is 5.92 Å². The van der Waals surface area contributed by atoms with Crippen LogP contribution < -0.4 is 5.32 Å². The Balaban J connectivity index is 2.31. The van der Waals surface area contributed by atoms with Gasteiger partial charge in [-0.15, -0.1) is 0 Å². The number of hydrogen-bond donors (Lipinski definition) is 1. The van der Waals surface area contributed by atoms with E-state index in [-0.39, 0.29) is 11.3 Å². The van der Waals surface area contributed by atoms with Gasteiger partial charge in [0.05, 0.1) is 10.1 Å². The van der Waals surface area contributed by atoms with Crippen LogP contribution in [0.25, 0.3) is 0 Å². The van der Waals surface area contributed by atoms with Crippen LogP contribution in [0.2, 0.25) is 0 Å². The standard InChI is InChI=1S/C16H24BrNO2S/c1-3-12-5-10-15(18-4-2)16(11-12)21(19,20)14-8-6-13(17)7-9-14/h6-9,12,15-16,18H,3-5,10-11H2,1-2H3. The summed E-state index contributed by atoms with van der Waals surface area (Å²) in [5.74, 6) is 0.523. The molecule has 2 rings (SSSR count). The number of halogens is 1. The molecular weight excluding hydrogens is 350 g/mol. The van der Waals surface area contributed by atoms with Crippen LogP contribution in [0.1, 0.15) is 39.5 Å². The number of rotatable bonds is 5. The highest BCUT2D eigenvalue weighted by Crippen LogP contribution is 2.34. The highest BCUT2D eigenvalue weighted by Gasteiger charge is 2.38. The first-order valence-electron chi connectivity index (χ1n) is 7.71. The van der Waals surface area contributed by atoms with Crippen LogP contribution in [0, 0.1) is 5.92 Å². The fourth-order valence-corrected chi connectivity index (χ4v) is 5.54. The average Bonchev–Trinajstić information content (AvgIpc) is 2.48. The molecule has 1 aromatic carbocycles. The largest absolute Gasteiger partial charge is 0.313 e. The summed E-state index contributed by atoms with van der Waals surface area (Å²) in [5.41, 5.74) is 0. The monoisotopic (exact) mass is 373 g/mol. The number of benzene rings is 1. The summed E-state index contributed by atoms with van der Waals surface area (Å²) in [4.78, 5) is 0.440. The summed E-state index contributed by atoms with van der Waals surface area (Å²) in [5, 5.41) is 3.07. The lowest BCUT2D eigenvalue weighted by Crippen LogP contribution is -2.48.